The molecule has 1 aromatic carbocycles. The van der Waals surface area contributed by atoms with Gasteiger partial charge >= 0.3 is 5.97 Å². The molecule has 0 radical (unpaired) electrons. The number of benzene rings is 1. The zero-order valence-corrected chi connectivity index (χ0v) is 18.2. The monoisotopic (exact) mass is 436 g/mol. The van der Waals surface area contributed by atoms with E-state index < -0.39 is 18.2 Å². The number of carboxylic acids is 1. The maximum atomic E-state index is 10.7. The maximum Gasteiger partial charge on any atom is 0.303 e. The molecule has 30 heavy (non-hydrogen) atoms. The van der Waals surface area contributed by atoms with Crippen molar-refractivity contribution in [3.05, 3.63) is 36.4 Å². The Morgan fingerprint density at radius 2 is 2.00 bits per heavy atom. The summed E-state index contributed by atoms with van der Waals surface area (Å²) in [4.78, 5) is 10.7. The SMILES string of the molecule is COc1ccc(OC[C@H](O)/C=C/[C@@H]2[C@H]3CC[C@H](CCCC(=O)O)S[C@H]3C[C@H]2O)cc1. The van der Waals surface area contributed by atoms with E-state index in [-0.39, 0.29) is 18.9 Å². The van der Waals surface area contributed by atoms with Crippen LogP contribution >= 0.6 is 11.8 Å². The van der Waals surface area contributed by atoms with Gasteiger partial charge in [-0.3, -0.25) is 4.79 Å². The van der Waals surface area contributed by atoms with Gasteiger partial charge in [0.2, 0.25) is 0 Å². The zero-order chi connectivity index (χ0) is 21.5. The Morgan fingerprint density at radius 3 is 2.70 bits per heavy atom. The lowest BCUT2D eigenvalue weighted by molar-refractivity contribution is -0.137. The number of methoxy groups -OCH3 is 1. The number of ether oxygens (including phenoxy) is 2. The van der Waals surface area contributed by atoms with E-state index in [0.717, 1.165) is 37.9 Å². The smallest absolute Gasteiger partial charge is 0.303 e. The van der Waals surface area contributed by atoms with Gasteiger partial charge in [0.05, 0.1) is 13.2 Å². The van der Waals surface area contributed by atoms with Crippen molar-refractivity contribution < 1.29 is 29.6 Å². The highest BCUT2D eigenvalue weighted by atomic mass is 32.2. The van der Waals surface area contributed by atoms with Crippen molar-refractivity contribution in [3.63, 3.8) is 0 Å². The van der Waals surface area contributed by atoms with Crippen molar-refractivity contribution in [2.45, 2.75) is 61.2 Å². The highest BCUT2D eigenvalue weighted by Crippen LogP contribution is 2.49. The van der Waals surface area contributed by atoms with Gasteiger partial charge < -0.3 is 24.8 Å². The van der Waals surface area contributed by atoms with Crippen molar-refractivity contribution in [3.8, 4) is 11.5 Å². The maximum absolute atomic E-state index is 10.7. The molecule has 1 aromatic rings. The fraction of sp³-hybridized carbons (Fsp3) is 0.609. The largest absolute Gasteiger partial charge is 0.497 e. The van der Waals surface area contributed by atoms with E-state index in [0.29, 0.717) is 22.2 Å². The third kappa shape index (κ3) is 6.40. The molecule has 1 aliphatic carbocycles. The molecule has 0 unspecified atom stereocenters. The molecule has 3 N–H and O–H groups in total. The quantitative estimate of drug-likeness (QED) is 0.483. The molecule has 1 aliphatic heterocycles. The van der Waals surface area contributed by atoms with Crippen LogP contribution in [0.15, 0.2) is 36.4 Å². The lowest BCUT2D eigenvalue weighted by Gasteiger charge is -2.33. The van der Waals surface area contributed by atoms with Gasteiger partial charge in [0.25, 0.3) is 0 Å². The molecule has 0 aromatic heterocycles. The molecule has 6 atom stereocenters. The van der Waals surface area contributed by atoms with E-state index in [2.05, 4.69) is 0 Å². The number of aliphatic hydroxyl groups is 2. The van der Waals surface area contributed by atoms with Gasteiger partial charge in [-0.1, -0.05) is 12.2 Å². The Hall–Kier alpha value is -1.70. The Kier molecular flexibility index (Phi) is 8.48. The van der Waals surface area contributed by atoms with Gasteiger partial charge in [-0.05, 0) is 62.3 Å². The number of hydrogen-bond donors (Lipinski definition) is 3. The summed E-state index contributed by atoms with van der Waals surface area (Å²) in [6.07, 6.45) is 7.31. The highest BCUT2D eigenvalue weighted by molar-refractivity contribution is 8.00. The first-order valence-electron chi connectivity index (χ1n) is 10.6. The van der Waals surface area contributed by atoms with Crippen LogP contribution in [-0.4, -0.2) is 57.7 Å². The van der Waals surface area contributed by atoms with E-state index >= 15 is 0 Å². The second kappa shape index (κ2) is 11.1. The summed E-state index contributed by atoms with van der Waals surface area (Å²) in [7, 11) is 1.61. The second-order valence-electron chi connectivity index (χ2n) is 8.14. The molecule has 0 bridgehead atoms. The lowest BCUT2D eigenvalue weighted by Crippen LogP contribution is -2.27. The number of aliphatic hydroxyl groups excluding tert-OH is 2. The minimum atomic E-state index is -0.738. The number of thioether (sulfide) groups is 1. The van der Waals surface area contributed by atoms with Crippen molar-refractivity contribution in [1.29, 1.82) is 0 Å². The normalized spacial score (nSPS) is 29.5. The number of aliphatic carboxylic acids is 1. The Labute approximate surface area is 182 Å². The molecule has 2 fully saturated rings. The second-order valence-corrected chi connectivity index (χ2v) is 9.69. The van der Waals surface area contributed by atoms with Crippen LogP contribution in [0.1, 0.15) is 38.5 Å². The molecule has 2 aliphatic rings. The van der Waals surface area contributed by atoms with Gasteiger partial charge in [0.15, 0.2) is 0 Å². The van der Waals surface area contributed by atoms with Crippen LogP contribution in [0.3, 0.4) is 0 Å². The number of fused-ring (bicyclic) bond motifs is 1. The summed E-state index contributed by atoms with van der Waals surface area (Å²) < 4.78 is 10.7. The molecule has 166 valence electrons. The molecule has 1 saturated heterocycles. The third-order valence-electron chi connectivity index (χ3n) is 6.03. The molecular formula is C23H32O6S. The van der Waals surface area contributed by atoms with Gasteiger partial charge in [-0.25, -0.2) is 0 Å². The van der Waals surface area contributed by atoms with E-state index in [1.165, 1.54) is 0 Å². The summed E-state index contributed by atoms with van der Waals surface area (Å²) in [5, 5.41) is 30.5. The number of carbonyl (C=O) groups is 1. The van der Waals surface area contributed by atoms with E-state index in [9.17, 15) is 15.0 Å². The first-order valence-corrected chi connectivity index (χ1v) is 11.6. The van der Waals surface area contributed by atoms with E-state index in [1.54, 1.807) is 25.3 Å². The molecule has 1 saturated carbocycles. The first-order chi connectivity index (χ1) is 14.5. The van der Waals surface area contributed by atoms with Crippen LogP contribution in [-0.2, 0) is 4.79 Å². The van der Waals surface area contributed by atoms with Crippen molar-refractivity contribution in [2.24, 2.45) is 11.8 Å². The van der Waals surface area contributed by atoms with Crippen LogP contribution in [0, 0.1) is 11.8 Å². The van der Waals surface area contributed by atoms with Gasteiger partial charge in [-0.15, -0.1) is 0 Å². The molecule has 1 heterocycles. The van der Waals surface area contributed by atoms with Gasteiger partial charge in [0, 0.05) is 22.8 Å². The summed E-state index contributed by atoms with van der Waals surface area (Å²) >= 11 is 1.92. The molecular weight excluding hydrogens is 404 g/mol. The number of carboxylic acid groups (broad SMARTS) is 1. The zero-order valence-electron chi connectivity index (χ0n) is 17.4. The average Bonchev–Trinajstić information content (AvgIpc) is 3.05. The number of rotatable bonds is 10. The molecule has 0 spiro atoms. The predicted octanol–water partition coefficient (Wildman–Crippen LogP) is 3.51. The Balaban J connectivity index is 1.45. The topological polar surface area (TPSA) is 96.2 Å². The molecule has 0 amide bonds. The van der Waals surface area contributed by atoms with Gasteiger partial charge in [0.1, 0.15) is 24.2 Å². The molecule has 6 nitrogen and oxygen atoms in total. The number of hydrogen-bond acceptors (Lipinski definition) is 6. The highest BCUT2D eigenvalue weighted by Gasteiger charge is 2.44. The third-order valence-corrected chi connectivity index (χ3v) is 7.78. The summed E-state index contributed by atoms with van der Waals surface area (Å²) in [6, 6.07) is 7.21. The fourth-order valence-corrected chi connectivity index (χ4v) is 6.36. The first kappa shape index (κ1) is 23.0. The standard InChI is InChI=1S/C23H32O6S/c1-28-16-6-8-17(9-7-16)29-14-15(24)5-11-19-20-12-10-18(3-2-4-23(26)27)30-22(20)13-21(19)25/h5-9,11,15,18-22,24-25H,2-4,10,12-14H2,1H3,(H,26,27)/b11-5+/t15-,18+,19-,20-,21-,22+/m1/s1. The molecule has 7 heteroatoms. The van der Waals surface area contributed by atoms with Crippen LogP contribution < -0.4 is 9.47 Å². The van der Waals surface area contributed by atoms with Crippen molar-refractivity contribution in [2.75, 3.05) is 13.7 Å². The fourth-order valence-electron chi connectivity index (χ4n) is 4.46. The lowest BCUT2D eigenvalue weighted by atomic mass is 9.88. The average molecular weight is 437 g/mol. The summed E-state index contributed by atoms with van der Waals surface area (Å²) in [6.45, 7) is 0.153. The van der Waals surface area contributed by atoms with Crippen LogP contribution in [0.2, 0.25) is 0 Å². The predicted molar refractivity (Wildman–Crippen MR) is 117 cm³/mol. The minimum Gasteiger partial charge on any atom is -0.497 e. The Morgan fingerprint density at radius 1 is 1.27 bits per heavy atom. The van der Waals surface area contributed by atoms with Crippen molar-refractivity contribution >= 4 is 17.7 Å². The summed E-state index contributed by atoms with van der Waals surface area (Å²) in [5.41, 5.74) is 0. The van der Waals surface area contributed by atoms with E-state index in [1.807, 2.05) is 30.0 Å². The molecule has 3 rings (SSSR count). The van der Waals surface area contributed by atoms with Crippen LogP contribution in [0.4, 0.5) is 0 Å². The summed E-state index contributed by atoms with van der Waals surface area (Å²) in [5.74, 6) is 1.15. The minimum absolute atomic E-state index is 0.0538. The van der Waals surface area contributed by atoms with Gasteiger partial charge in [-0.2, -0.15) is 11.8 Å². The van der Waals surface area contributed by atoms with Crippen LogP contribution in [0.25, 0.3) is 0 Å². The van der Waals surface area contributed by atoms with Crippen molar-refractivity contribution in [1.82, 2.24) is 0 Å². The van der Waals surface area contributed by atoms with E-state index in [4.69, 9.17) is 14.6 Å². The van der Waals surface area contributed by atoms with Crippen LogP contribution in [0.5, 0.6) is 11.5 Å². The Bertz CT molecular complexity index is 706.